The van der Waals surface area contributed by atoms with Gasteiger partial charge in [-0.1, -0.05) is 13.8 Å². The number of aliphatic hydroxyl groups is 2. The SMILES string of the molecule is CNc1ncnc2c1ncn2[C@@H]1OC(CC(C)(C)OP(=O)(O)C(C)C)[C@@H](O)[C@H]1O. The number of fused-ring (bicyclic) bond motifs is 1. The molecule has 3 rings (SSSR count). The molecule has 2 unspecified atom stereocenters. The van der Waals surface area contributed by atoms with Crippen LogP contribution in [0.1, 0.15) is 40.3 Å². The molecule has 162 valence electrons. The molecule has 1 aliphatic rings. The number of nitrogens with one attached hydrogen (secondary N) is 1. The molecule has 1 saturated heterocycles. The molecule has 0 radical (unpaired) electrons. The molecule has 12 heteroatoms. The molecule has 0 aromatic carbocycles. The van der Waals surface area contributed by atoms with Crippen molar-refractivity contribution in [1.29, 1.82) is 0 Å². The van der Waals surface area contributed by atoms with E-state index in [1.54, 1.807) is 34.7 Å². The quantitative estimate of drug-likeness (QED) is 0.473. The largest absolute Gasteiger partial charge is 0.388 e. The predicted octanol–water partition coefficient (Wildman–Crippen LogP) is 1.27. The van der Waals surface area contributed by atoms with Crippen molar-refractivity contribution in [2.45, 2.75) is 69.9 Å². The Kier molecular flexibility index (Phi) is 6.01. The molecule has 5 atom stereocenters. The van der Waals surface area contributed by atoms with Crippen molar-refractivity contribution in [3.8, 4) is 0 Å². The zero-order chi connectivity index (χ0) is 21.6. The summed E-state index contributed by atoms with van der Waals surface area (Å²) >= 11 is 0. The van der Waals surface area contributed by atoms with Gasteiger partial charge in [-0.05, 0) is 13.8 Å². The molecule has 2 aromatic rings. The van der Waals surface area contributed by atoms with Crippen molar-refractivity contribution in [1.82, 2.24) is 19.5 Å². The van der Waals surface area contributed by atoms with Crippen LogP contribution in [-0.2, 0) is 13.8 Å². The van der Waals surface area contributed by atoms with Crippen LogP contribution in [0.2, 0.25) is 0 Å². The first kappa shape index (κ1) is 22.1. The van der Waals surface area contributed by atoms with Crippen LogP contribution >= 0.6 is 7.60 Å². The Hall–Kier alpha value is -1.62. The minimum absolute atomic E-state index is 0.0996. The number of hydrogen-bond acceptors (Lipinski definition) is 9. The van der Waals surface area contributed by atoms with Crippen LogP contribution in [0, 0.1) is 0 Å². The average molecular weight is 429 g/mol. The second kappa shape index (κ2) is 7.90. The van der Waals surface area contributed by atoms with E-state index in [0.29, 0.717) is 17.0 Å². The lowest BCUT2D eigenvalue weighted by Crippen LogP contribution is -2.37. The first-order valence-corrected chi connectivity index (χ1v) is 11.0. The number of anilines is 1. The van der Waals surface area contributed by atoms with Gasteiger partial charge in [0.2, 0.25) is 0 Å². The van der Waals surface area contributed by atoms with Crippen LogP contribution < -0.4 is 5.32 Å². The van der Waals surface area contributed by atoms with Gasteiger partial charge in [-0.25, -0.2) is 15.0 Å². The summed E-state index contributed by atoms with van der Waals surface area (Å²) in [6, 6.07) is 0. The topological polar surface area (TPSA) is 152 Å². The molecular weight excluding hydrogens is 401 g/mol. The van der Waals surface area contributed by atoms with Gasteiger partial charge >= 0.3 is 7.60 Å². The van der Waals surface area contributed by atoms with E-state index in [-0.39, 0.29) is 6.42 Å². The Balaban J connectivity index is 1.81. The summed E-state index contributed by atoms with van der Waals surface area (Å²) in [4.78, 5) is 22.6. The Bertz CT molecular complexity index is 919. The van der Waals surface area contributed by atoms with Crippen LogP contribution in [0.15, 0.2) is 12.7 Å². The van der Waals surface area contributed by atoms with Crippen LogP contribution in [0.4, 0.5) is 5.82 Å². The van der Waals surface area contributed by atoms with Crippen molar-refractivity contribution in [2.24, 2.45) is 0 Å². The minimum atomic E-state index is -3.82. The van der Waals surface area contributed by atoms with Gasteiger partial charge in [-0.3, -0.25) is 9.13 Å². The lowest BCUT2D eigenvalue weighted by atomic mass is 9.97. The number of aromatic nitrogens is 4. The van der Waals surface area contributed by atoms with Crippen molar-refractivity contribution in [3.05, 3.63) is 12.7 Å². The lowest BCUT2D eigenvalue weighted by molar-refractivity contribution is -0.0604. The van der Waals surface area contributed by atoms with Gasteiger partial charge in [0.15, 0.2) is 17.7 Å². The van der Waals surface area contributed by atoms with Gasteiger partial charge in [0, 0.05) is 13.5 Å². The highest BCUT2D eigenvalue weighted by atomic mass is 31.2. The van der Waals surface area contributed by atoms with Crippen LogP contribution in [-0.4, -0.2) is 71.2 Å². The smallest absolute Gasteiger partial charge is 0.331 e. The molecule has 0 amide bonds. The fraction of sp³-hybridized carbons (Fsp3) is 0.706. The van der Waals surface area contributed by atoms with E-state index in [1.807, 2.05) is 0 Å². The maximum Gasteiger partial charge on any atom is 0.331 e. The molecule has 4 N–H and O–H groups in total. The average Bonchev–Trinajstić information content (AvgIpc) is 3.16. The van der Waals surface area contributed by atoms with E-state index in [9.17, 15) is 19.7 Å². The number of hydrogen-bond donors (Lipinski definition) is 4. The van der Waals surface area contributed by atoms with Gasteiger partial charge in [-0.15, -0.1) is 0 Å². The van der Waals surface area contributed by atoms with E-state index in [1.165, 1.54) is 17.2 Å². The van der Waals surface area contributed by atoms with Gasteiger partial charge in [-0.2, -0.15) is 0 Å². The van der Waals surface area contributed by atoms with E-state index in [4.69, 9.17) is 9.26 Å². The van der Waals surface area contributed by atoms with E-state index < -0.39 is 43.4 Å². The third kappa shape index (κ3) is 4.30. The summed E-state index contributed by atoms with van der Waals surface area (Å²) in [7, 11) is -2.11. The molecule has 0 aliphatic carbocycles. The van der Waals surface area contributed by atoms with Crippen LogP contribution in [0.5, 0.6) is 0 Å². The highest BCUT2D eigenvalue weighted by molar-refractivity contribution is 7.53. The summed E-state index contributed by atoms with van der Waals surface area (Å²) in [5, 5.41) is 24.0. The van der Waals surface area contributed by atoms with Gasteiger partial charge in [0.05, 0.1) is 23.7 Å². The summed E-state index contributed by atoms with van der Waals surface area (Å²) < 4.78 is 25.2. The molecule has 11 nitrogen and oxygen atoms in total. The molecule has 29 heavy (non-hydrogen) atoms. The Morgan fingerprint density at radius 3 is 2.62 bits per heavy atom. The van der Waals surface area contributed by atoms with Crippen molar-refractivity contribution < 1.29 is 28.9 Å². The van der Waals surface area contributed by atoms with Gasteiger partial charge in [0.1, 0.15) is 24.1 Å². The van der Waals surface area contributed by atoms with Crippen molar-refractivity contribution >= 4 is 24.6 Å². The predicted molar refractivity (Wildman–Crippen MR) is 106 cm³/mol. The number of aliphatic hydroxyl groups excluding tert-OH is 2. The van der Waals surface area contributed by atoms with E-state index in [0.717, 1.165) is 0 Å². The van der Waals surface area contributed by atoms with Gasteiger partial charge in [0.25, 0.3) is 0 Å². The standard InChI is InChI=1S/C17H28N5O6P/c1-9(2)29(25,26)28-17(3,4)6-10-12(23)13(24)16(27-10)22-8-21-11-14(18-5)19-7-20-15(11)22/h7-10,12-13,16,23-24H,6H2,1-5H3,(H,25,26)(H,18,19,20)/t10?,12-,13-,16-/m1/s1. The Morgan fingerprint density at radius 1 is 1.31 bits per heavy atom. The third-order valence-corrected chi connectivity index (χ3v) is 6.99. The molecule has 3 heterocycles. The van der Waals surface area contributed by atoms with Gasteiger partial charge < -0.3 is 29.7 Å². The molecule has 0 bridgehead atoms. The zero-order valence-corrected chi connectivity index (χ0v) is 17.9. The summed E-state index contributed by atoms with van der Waals surface area (Å²) in [6.07, 6.45) is -1.28. The summed E-state index contributed by atoms with van der Waals surface area (Å²) in [6.45, 7) is 6.49. The third-order valence-electron chi connectivity index (χ3n) is 4.93. The van der Waals surface area contributed by atoms with Crippen LogP contribution in [0.3, 0.4) is 0 Å². The van der Waals surface area contributed by atoms with E-state index >= 15 is 0 Å². The highest BCUT2D eigenvalue weighted by Gasteiger charge is 2.47. The first-order chi connectivity index (χ1) is 13.5. The monoisotopic (exact) mass is 429 g/mol. The molecule has 1 aliphatic heterocycles. The number of imidazole rings is 1. The molecule has 2 aromatic heterocycles. The van der Waals surface area contributed by atoms with Crippen LogP contribution in [0.25, 0.3) is 11.2 Å². The molecule has 1 fully saturated rings. The van der Waals surface area contributed by atoms with E-state index in [2.05, 4.69) is 20.3 Å². The molecular formula is C17H28N5O6P. The zero-order valence-electron chi connectivity index (χ0n) is 17.1. The fourth-order valence-corrected chi connectivity index (χ4v) is 4.32. The summed E-state index contributed by atoms with van der Waals surface area (Å²) in [5.41, 5.74) is -0.678. The fourth-order valence-electron chi connectivity index (χ4n) is 3.33. The molecule has 0 saturated carbocycles. The number of rotatable bonds is 7. The minimum Gasteiger partial charge on any atom is -0.388 e. The Morgan fingerprint density at radius 2 is 2.00 bits per heavy atom. The summed E-state index contributed by atoms with van der Waals surface area (Å²) in [5.74, 6) is 0.528. The second-order valence-electron chi connectivity index (χ2n) is 8.06. The number of ether oxygens (including phenoxy) is 1. The number of nitrogens with zero attached hydrogens (tertiary/aromatic N) is 4. The lowest BCUT2D eigenvalue weighted by Gasteiger charge is -2.32. The Labute approximate surface area is 168 Å². The molecule has 0 spiro atoms. The normalized spacial score (nSPS) is 27.5. The van der Waals surface area contributed by atoms with Crippen molar-refractivity contribution in [2.75, 3.05) is 12.4 Å². The second-order valence-corrected chi connectivity index (χ2v) is 10.4. The maximum atomic E-state index is 12.3. The maximum absolute atomic E-state index is 12.3. The highest BCUT2D eigenvalue weighted by Crippen LogP contribution is 2.52. The van der Waals surface area contributed by atoms with Crippen molar-refractivity contribution in [3.63, 3.8) is 0 Å². The first-order valence-electron chi connectivity index (χ1n) is 9.37.